The smallest absolute Gasteiger partial charge is 0.128 e. The highest BCUT2D eigenvalue weighted by Gasteiger charge is 2.28. The van der Waals surface area contributed by atoms with Gasteiger partial charge in [0, 0.05) is 29.6 Å². The van der Waals surface area contributed by atoms with Gasteiger partial charge in [-0.25, -0.2) is 0 Å². The molecule has 0 bridgehead atoms. The van der Waals surface area contributed by atoms with Crippen LogP contribution < -0.4 is 10.1 Å². The van der Waals surface area contributed by atoms with E-state index in [0.717, 1.165) is 54.3 Å². The van der Waals surface area contributed by atoms with Crippen LogP contribution in [0.3, 0.4) is 0 Å². The number of thiocarbonyl (C=S) groups is 1. The lowest BCUT2D eigenvalue weighted by Gasteiger charge is -2.13. The molecule has 0 spiro atoms. The van der Waals surface area contributed by atoms with Crippen molar-refractivity contribution in [3.05, 3.63) is 101 Å². The average Bonchev–Trinajstić information content (AvgIpc) is 3.37. The zero-order valence-corrected chi connectivity index (χ0v) is 23.1. The number of ether oxygens (including phenoxy) is 1. The van der Waals surface area contributed by atoms with E-state index in [0.29, 0.717) is 0 Å². The summed E-state index contributed by atoms with van der Waals surface area (Å²) >= 11 is 6.16. The van der Waals surface area contributed by atoms with Crippen molar-refractivity contribution in [3.8, 4) is 28.1 Å². The molecule has 38 heavy (non-hydrogen) atoms. The Bertz CT molecular complexity index is 1610. The van der Waals surface area contributed by atoms with E-state index in [2.05, 4.69) is 95.0 Å². The number of aromatic nitrogens is 2. The Labute approximate surface area is 229 Å². The first kappa shape index (κ1) is 24.5. The molecule has 1 N–H and O–H groups in total. The van der Waals surface area contributed by atoms with Crippen LogP contribution in [-0.4, -0.2) is 21.1 Å². The number of benzene rings is 3. The van der Waals surface area contributed by atoms with E-state index in [-0.39, 0.29) is 0 Å². The van der Waals surface area contributed by atoms with Crippen LogP contribution in [-0.2, 0) is 19.4 Å². The maximum Gasteiger partial charge on any atom is 0.128 e. The molecule has 6 rings (SSSR count). The van der Waals surface area contributed by atoms with Crippen molar-refractivity contribution < 1.29 is 4.74 Å². The second-order valence-corrected chi connectivity index (χ2v) is 10.5. The normalized spacial score (nSPS) is 12.9. The van der Waals surface area contributed by atoms with Gasteiger partial charge in [-0.2, -0.15) is 0 Å². The number of imidazole rings is 1. The summed E-state index contributed by atoms with van der Waals surface area (Å²) in [5.74, 6) is 0.866. The topological polar surface area (TPSA) is 30.6 Å². The predicted molar refractivity (Wildman–Crippen MR) is 162 cm³/mol. The zero-order valence-electron chi connectivity index (χ0n) is 22.3. The summed E-state index contributed by atoms with van der Waals surface area (Å²) in [7, 11) is 1.71. The van der Waals surface area contributed by atoms with Gasteiger partial charge in [-0.1, -0.05) is 61.1 Å². The molecular formula is C33H33N3OS. The van der Waals surface area contributed by atoms with Crippen LogP contribution in [0.1, 0.15) is 42.1 Å². The lowest BCUT2D eigenvalue weighted by molar-refractivity contribution is 0.415. The van der Waals surface area contributed by atoms with Crippen molar-refractivity contribution in [2.75, 3.05) is 12.4 Å². The van der Waals surface area contributed by atoms with Crippen molar-refractivity contribution in [2.24, 2.45) is 0 Å². The van der Waals surface area contributed by atoms with Gasteiger partial charge < -0.3 is 14.6 Å². The molecule has 3 aromatic carbocycles. The lowest BCUT2D eigenvalue weighted by atomic mass is 9.97. The largest absolute Gasteiger partial charge is 0.497 e. The molecule has 1 aliphatic heterocycles. The van der Waals surface area contributed by atoms with Crippen molar-refractivity contribution in [1.82, 2.24) is 8.97 Å². The van der Waals surface area contributed by atoms with Crippen LogP contribution >= 0.6 is 12.2 Å². The number of anilines is 1. The number of aryl methyl sites for hydroxylation is 4. The number of methoxy groups -OCH3 is 1. The summed E-state index contributed by atoms with van der Waals surface area (Å²) in [6.45, 7) is 5.30. The Hall–Kier alpha value is -3.83. The van der Waals surface area contributed by atoms with Crippen LogP contribution in [0.25, 0.3) is 28.0 Å². The molecule has 0 saturated heterocycles. The number of nitrogens with one attached hydrogen (secondary N) is 1. The Morgan fingerprint density at radius 1 is 0.921 bits per heavy atom. The number of hydrogen-bond acceptors (Lipinski definition) is 2. The average molecular weight is 520 g/mol. The number of nitrogens with zero attached hydrogens (tertiary/aromatic N) is 2. The van der Waals surface area contributed by atoms with Crippen LogP contribution in [0.2, 0.25) is 0 Å². The maximum atomic E-state index is 6.16. The molecule has 0 atom stereocenters. The van der Waals surface area contributed by atoms with Crippen LogP contribution in [0.5, 0.6) is 5.75 Å². The summed E-state index contributed by atoms with van der Waals surface area (Å²) in [5.41, 5.74) is 12.1. The third-order valence-corrected chi connectivity index (χ3v) is 7.99. The molecule has 5 aromatic rings. The van der Waals surface area contributed by atoms with E-state index in [1.54, 1.807) is 7.11 Å². The molecule has 0 radical (unpaired) electrons. The fourth-order valence-electron chi connectivity index (χ4n) is 5.65. The minimum absolute atomic E-state index is 0.741. The SMILES string of the molecule is CCc1ccc(NC(=S)c2c(-c3ccc(C)cc3)c3c4n(c(-c5ccc(OC)cc5)cn24)CCCC3)cc1. The molecule has 0 amide bonds. The number of hydrogen-bond donors (Lipinski definition) is 1. The van der Waals surface area contributed by atoms with Gasteiger partial charge in [-0.15, -0.1) is 0 Å². The molecule has 1 aliphatic rings. The van der Waals surface area contributed by atoms with Crippen molar-refractivity contribution in [1.29, 1.82) is 0 Å². The van der Waals surface area contributed by atoms with E-state index in [9.17, 15) is 0 Å². The summed E-state index contributed by atoms with van der Waals surface area (Å²) in [6.07, 6.45) is 6.63. The molecule has 0 unspecified atom stereocenters. The molecule has 192 valence electrons. The summed E-state index contributed by atoms with van der Waals surface area (Å²) in [5, 5.41) is 3.57. The molecule has 3 heterocycles. The Kier molecular flexibility index (Phi) is 6.54. The van der Waals surface area contributed by atoms with Gasteiger partial charge in [0.1, 0.15) is 16.4 Å². The zero-order chi connectivity index (χ0) is 26.2. The molecule has 0 aliphatic carbocycles. The minimum Gasteiger partial charge on any atom is -0.497 e. The molecule has 5 heteroatoms. The number of rotatable bonds is 6. The first-order valence-corrected chi connectivity index (χ1v) is 13.9. The fourth-order valence-corrected chi connectivity index (χ4v) is 5.96. The van der Waals surface area contributed by atoms with Crippen LogP contribution in [0.15, 0.2) is 79.0 Å². The second kappa shape index (κ2) is 10.1. The molecule has 0 fully saturated rings. The summed E-state index contributed by atoms with van der Waals surface area (Å²) < 4.78 is 10.2. The van der Waals surface area contributed by atoms with Crippen molar-refractivity contribution in [3.63, 3.8) is 0 Å². The van der Waals surface area contributed by atoms with Crippen molar-refractivity contribution in [2.45, 2.75) is 46.1 Å². The molecule has 2 aromatic heterocycles. The van der Waals surface area contributed by atoms with Gasteiger partial charge in [0.05, 0.1) is 18.5 Å². The Morgan fingerprint density at radius 3 is 2.32 bits per heavy atom. The van der Waals surface area contributed by atoms with Gasteiger partial charge in [-0.05, 0) is 85.7 Å². The summed E-state index contributed by atoms with van der Waals surface area (Å²) in [6, 6.07) is 25.8. The first-order valence-electron chi connectivity index (χ1n) is 13.5. The van der Waals surface area contributed by atoms with E-state index in [1.165, 1.54) is 44.7 Å². The van der Waals surface area contributed by atoms with E-state index in [4.69, 9.17) is 17.0 Å². The van der Waals surface area contributed by atoms with Crippen LogP contribution in [0, 0.1) is 6.92 Å². The van der Waals surface area contributed by atoms with E-state index < -0.39 is 0 Å². The quantitative estimate of drug-likeness (QED) is 0.230. The standard InChI is InChI=1S/C33H33N3OS/c1-4-23-10-16-26(17-11-23)34-32(38)31-30(25-12-8-22(2)9-13-25)28-7-5-6-20-35-29(21-36(31)33(28)35)24-14-18-27(37-3)19-15-24/h8-19,21H,4-7,20H2,1-3H3,(H,34,38). The van der Waals surface area contributed by atoms with Gasteiger partial charge in [-0.3, -0.25) is 4.40 Å². The van der Waals surface area contributed by atoms with Gasteiger partial charge >= 0.3 is 0 Å². The Morgan fingerprint density at radius 2 is 1.63 bits per heavy atom. The predicted octanol–water partition coefficient (Wildman–Crippen LogP) is 8.08. The molecule has 4 nitrogen and oxygen atoms in total. The van der Waals surface area contributed by atoms with Gasteiger partial charge in [0.25, 0.3) is 0 Å². The third kappa shape index (κ3) is 4.31. The first-order chi connectivity index (χ1) is 18.6. The fraction of sp³-hybridized carbons (Fsp3) is 0.242. The highest BCUT2D eigenvalue weighted by molar-refractivity contribution is 7.81. The highest BCUT2D eigenvalue weighted by Crippen LogP contribution is 2.40. The van der Waals surface area contributed by atoms with E-state index >= 15 is 0 Å². The van der Waals surface area contributed by atoms with Crippen molar-refractivity contribution >= 4 is 28.5 Å². The minimum atomic E-state index is 0.741. The monoisotopic (exact) mass is 519 g/mol. The molecular weight excluding hydrogens is 486 g/mol. The lowest BCUT2D eigenvalue weighted by Crippen LogP contribution is -2.14. The Balaban J connectivity index is 1.56. The molecule has 0 saturated carbocycles. The third-order valence-electron chi connectivity index (χ3n) is 7.70. The van der Waals surface area contributed by atoms with Gasteiger partial charge in [0.2, 0.25) is 0 Å². The summed E-state index contributed by atoms with van der Waals surface area (Å²) in [4.78, 5) is 0.741. The maximum absolute atomic E-state index is 6.16. The van der Waals surface area contributed by atoms with E-state index in [1.807, 2.05) is 12.1 Å². The highest BCUT2D eigenvalue weighted by atomic mass is 32.1. The second-order valence-electron chi connectivity index (χ2n) is 10.1. The van der Waals surface area contributed by atoms with Crippen LogP contribution in [0.4, 0.5) is 5.69 Å². The van der Waals surface area contributed by atoms with Gasteiger partial charge in [0.15, 0.2) is 0 Å².